The molecule has 0 aliphatic rings. The van der Waals surface area contributed by atoms with Gasteiger partial charge in [-0.3, -0.25) is 0 Å². The molecule has 2 N–H and O–H groups in total. The van der Waals surface area contributed by atoms with E-state index in [1.807, 2.05) is 0 Å². The van der Waals surface area contributed by atoms with Gasteiger partial charge in [0.15, 0.2) is 0 Å². The predicted molar refractivity (Wildman–Crippen MR) is 78.2 cm³/mol. The Morgan fingerprint density at radius 1 is 1.05 bits per heavy atom. The van der Waals surface area contributed by atoms with Crippen LogP contribution in [-0.2, 0) is 28.9 Å². The first kappa shape index (κ1) is 15.6. The average Bonchev–Trinajstić information content (AvgIpc) is 2.45. The van der Waals surface area contributed by atoms with Gasteiger partial charge in [0.05, 0.1) is 12.4 Å². The first-order valence-corrected chi connectivity index (χ1v) is 8.05. The second-order valence-corrected chi connectivity index (χ2v) is 6.44. The summed E-state index contributed by atoms with van der Waals surface area (Å²) in [5, 5.41) is 9.19. The molecule has 0 unspecified atom stereocenters. The van der Waals surface area contributed by atoms with Crippen molar-refractivity contribution in [2.75, 3.05) is 0 Å². The van der Waals surface area contributed by atoms with Crippen molar-refractivity contribution >= 4 is 10.0 Å². The minimum absolute atomic E-state index is 0.0916. The van der Waals surface area contributed by atoms with Crippen molar-refractivity contribution in [2.45, 2.75) is 18.9 Å². The van der Waals surface area contributed by atoms with E-state index in [-0.39, 0.29) is 18.9 Å². The Hall–Kier alpha value is -1.76. The maximum atomic E-state index is 13.0. The molecule has 0 fully saturated rings. The molecule has 2 rings (SSSR count). The van der Waals surface area contributed by atoms with Crippen molar-refractivity contribution < 1.29 is 17.9 Å². The fourth-order valence-electron chi connectivity index (χ4n) is 1.97. The number of halogens is 1. The largest absolute Gasteiger partial charge is 0.392 e. The van der Waals surface area contributed by atoms with E-state index in [9.17, 15) is 17.9 Å². The van der Waals surface area contributed by atoms with Crippen molar-refractivity contribution in [1.82, 2.24) is 4.72 Å². The van der Waals surface area contributed by atoms with Gasteiger partial charge in [-0.25, -0.2) is 17.5 Å². The highest BCUT2D eigenvalue weighted by atomic mass is 32.2. The molecule has 0 aliphatic carbocycles. The molecule has 0 aromatic heterocycles. The van der Waals surface area contributed by atoms with E-state index in [0.29, 0.717) is 16.7 Å². The molecule has 0 saturated heterocycles. The first-order chi connectivity index (χ1) is 10.00. The van der Waals surface area contributed by atoms with Gasteiger partial charge >= 0.3 is 0 Å². The van der Waals surface area contributed by atoms with Crippen molar-refractivity contribution in [3.63, 3.8) is 0 Å². The zero-order chi connectivity index (χ0) is 15.3. The number of rotatable bonds is 6. The van der Waals surface area contributed by atoms with Crippen LogP contribution in [0.3, 0.4) is 0 Å². The lowest BCUT2D eigenvalue weighted by atomic mass is 10.1. The SMILES string of the molecule is O=S(=O)(Cc1cccc(F)c1)NCc1ccccc1CO. The summed E-state index contributed by atoms with van der Waals surface area (Å²) in [7, 11) is -3.57. The molecule has 0 heterocycles. The fourth-order valence-corrected chi connectivity index (χ4v) is 3.06. The zero-order valence-corrected chi connectivity index (χ0v) is 12.1. The molecule has 0 spiro atoms. The summed E-state index contributed by atoms with van der Waals surface area (Å²) < 4.78 is 39.5. The zero-order valence-electron chi connectivity index (χ0n) is 11.3. The van der Waals surface area contributed by atoms with Crippen LogP contribution in [0.15, 0.2) is 48.5 Å². The summed E-state index contributed by atoms with van der Waals surface area (Å²) in [5.74, 6) is -0.750. The summed E-state index contributed by atoms with van der Waals surface area (Å²) in [6.07, 6.45) is 0. The second-order valence-electron chi connectivity index (χ2n) is 4.64. The van der Waals surface area contributed by atoms with Crippen molar-refractivity contribution in [3.05, 3.63) is 71.0 Å². The predicted octanol–water partition coefficient (Wildman–Crippen LogP) is 1.94. The van der Waals surface area contributed by atoms with Gasteiger partial charge in [0, 0.05) is 6.54 Å². The normalized spacial score (nSPS) is 11.5. The summed E-state index contributed by atoms with van der Waals surface area (Å²) >= 11 is 0. The molecule has 21 heavy (non-hydrogen) atoms. The Kier molecular flexibility index (Phi) is 5.06. The van der Waals surface area contributed by atoms with Crippen LogP contribution < -0.4 is 4.72 Å². The van der Waals surface area contributed by atoms with Gasteiger partial charge in [-0.15, -0.1) is 0 Å². The lowest BCUT2D eigenvalue weighted by molar-refractivity contribution is 0.280. The fraction of sp³-hybridized carbons (Fsp3) is 0.200. The minimum atomic E-state index is -3.57. The van der Waals surface area contributed by atoms with Gasteiger partial charge in [0.25, 0.3) is 0 Å². The van der Waals surface area contributed by atoms with Crippen LogP contribution >= 0.6 is 0 Å². The minimum Gasteiger partial charge on any atom is -0.392 e. The maximum Gasteiger partial charge on any atom is 0.216 e. The third-order valence-electron chi connectivity index (χ3n) is 3.02. The Labute approximate surface area is 123 Å². The van der Waals surface area contributed by atoms with E-state index >= 15 is 0 Å². The second kappa shape index (κ2) is 6.80. The van der Waals surface area contributed by atoms with Crippen LogP contribution in [-0.4, -0.2) is 13.5 Å². The maximum absolute atomic E-state index is 13.0. The molecule has 4 nitrogen and oxygen atoms in total. The summed E-state index contributed by atoms with van der Waals surface area (Å²) in [4.78, 5) is 0. The van der Waals surface area contributed by atoms with Crippen LogP contribution in [0, 0.1) is 5.82 Å². The standard InChI is InChI=1S/C15H16FNO3S/c16-15-7-3-4-12(8-15)11-21(19,20)17-9-13-5-1-2-6-14(13)10-18/h1-8,17-18H,9-11H2. The first-order valence-electron chi connectivity index (χ1n) is 6.39. The highest BCUT2D eigenvalue weighted by Crippen LogP contribution is 2.11. The Bertz CT molecular complexity index is 716. The lowest BCUT2D eigenvalue weighted by Crippen LogP contribution is -2.25. The summed E-state index contributed by atoms with van der Waals surface area (Å²) in [5.41, 5.74) is 1.77. The van der Waals surface area contributed by atoms with E-state index in [2.05, 4.69) is 4.72 Å². The molecule has 0 aliphatic heterocycles. The molecule has 0 amide bonds. The van der Waals surface area contributed by atoms with Gasteiger partial charge in [-0.2, -0.15) is 0 Å². The Morgan fingerprint density at radius 2 is 1.76 bits per heavy atom. The van der Waals surface area contributed by atoms with Crippen molar-refractivity contribution in [3.8, 4) is 0 Å². The number of sulfonamides is 1. The molecule has 0 atom stereocenters. The smallest absolute Gasteiger partial charge is 0.216 e. The van der Waals surface area contributed by atoms with E-state index in [0.717, 1.165) is 0 Å². The quantitative estimate of drug-likeness (QED) is 0.857. The van der Waals surface area contributed by atoms with Gasteiger partial charge in [-0.05, 0) is 28.8 Å². The molecule has 0 bridgehead atoms. The van der Waals surface area contributed by atoms with Crippen LogP contribution in [0.5, 0.6) is 0 Å². The number of hydrogen-bond acceptors (Lipinski definition) is 3. The number of benzene rings is 2. The monoisotopic (exact) mass is 309 g/mol. The van der Waals surface area contributed by atoms with E-state index < -0.39 is 15.8 Å². The summed E-state index contributed by atoms with van der Waals surface area (Å²) in [6, 6.07) is 12.5. The number of aliphatic hydroxyl groups excluding tert-OH is 1. The van der Waals surface area contributed by atoms with Crippen LogP contribution in [0.1, 0.15) is 16.7 Å². The van der Waals surface area contributed by atoms with Crippen LogP contribution in [0.25, 0.3) is 0 Å². The van der Waals surface area contributed by atoms with Gasteiger partial charge in [0.2, 0.25) is 10.0 Å². The lowest BCUT2D eigenvalue weighted by Gasteiger charge is -2.10. The highest BCUT2D eigenvalue weighted by Gasteiger charge is 2.12. The molecule has 2 aromatic carbocycles. The third kappa shape index (κ3) is 4.63. The number of hydrogen-bond donors (Lipinski definition) is 2. The molecule has 112 valence electrons. The van der Waals surface area contributed by atoms with Crippen LogP contribution in [0.2, 0.25) is 0 Å². The highest BCUT2D eigenvalue weighted by molar-refractivity contribution is 7.88. The number of nitrogens with one attached hydrogen (secondary N) is 1. The molecular weight excluding hydrogens is 293 g/mol. The van der Waals surface area contributed by atoms with Gasteiger partial charge < -0.3 is 5.11 Å². The van der Waals surface area contributed by atoms with Gasteiger partial charge in [-0.1, -0.05) is 36.4 Å². The third-order valence-corrected chi connectivity index (χ3v) is 4.31. The molecular formula is C15H16FNO3S. The average molecular weight is 309 g/mol. The van der Waals surface area contributed by atoms with E-state index in [1.54, 1.807) is 30.3 Å². The number of aliphatic hydroxyl groups is 1. The molecule has 0 saturated carbocycles. The Morgan fingerprint density at radius 3 is 2.43 bits per heavy atom. The van der Waals surface area contributed by atoms with Gasteiger partial charge in [0.1, 0.15) is 5.82 Å². The Balaban J connectivity index is 2.04. The van der Waals surface area contributed by atoms with Crippen LogP contribution in [0.4, 0.5) is 4.39 Å². The molecule has 0 radical (unpaired) electrons. The molecule has 2 aromatic rings. The summed E-state index contributed by atoms with van der Waals surface area (Å²) in [6.45, 7) is -0.0593. The van der Waals surface area contributed by atoms with E-state index in [4.69, 9.17) is 0 Å². The van der Waals surface area contributed by atoms with Crippen molar-refractivity contribution in [1.29, 1.82) is 0 Å². The molecule has 6 heteroatoms. The van der Waals surface area contributed by atoms with E-state index in [1.165, 1.54) is 18.2 Å². The topological polar surface area (TPSA) is 66.4 Å². The van der Waals surface area contributed by atoms with Crippen molar-refractivity contribution in [2.24, 2.45) is 0 Å².